The number of primary amides is 1. The summed E-state index contributed by atoms with van der Waals surface area (Å²) in [5, 5.41) is 0. The van der Waals surface area contributed by atoms with Crippen molar-refractivity contribution in [2.75, 3.05) is 0 Å². The Labute approximate surface area is 95.6 Å². The van der Waals surface area contributed by atoms with Gasteiger partial charge in [0.1, 0.15) is 0 Å². The van der Waals surface area contributed by atoms with Crippen LogP contribution < -0.4 is 5.73 Å². The lowest BCUT2D eigenvalue weighted by atomic mass is 9.99. The standard InChI is InChI=1S/C13H17NO2/c1-9(2)10-3-5-11(6-4-10)12(15)7-8-13(14)16/h3-6,9H,7-8H2,1-2H3,(H2,14,16). The van der Waals surface area contributed by atoms with E-state index < -0.39 is 5.91 Å². The Morgan fingerprint density at radius 3 is 2.12 bits per heavy atom. The maximum atomic E-state index is 11.6. The van der Waals surface area contributed by atoms with Gasteiger partial charge in [0.05, 0.1) is 0 Å². The Morgan fingerprint density at radius 2 is 1.69 bits per heavy atom. The maximum absolute atomic E-state index is 11.6. The number of benzene rings is 1. The molecule has 0 heterocycles. The third-order valence-electron chi connectivity index (χ3n) is 2.50. The summed E-state index contributed by atoms with van der Waals surface area (Å²) in [5.74, 6) is -0.0176. The van der Waals surface area contributed by atoms with E-state index in [0.717, 1.165) is 0 Å². The van der Waals surface area contributed by atoms with E-state index in [1.165, 1.54) is 5.56 Å². The van der Waals surface area contributed by atoms with Crippen LogP contribution in [0.1, 0.15) is 48.5 Å². The third-order valence-corrected chi connectivity index (χ3v) is 2.50. The zero-order valence-electron chi connectivity index (χ0n) is 9.69. The van der Waals surface area contributed by atoms with Crippen LogP contribution in [0.2, 0.25) is 0 Å². The van der Waals surface area contributed by atoms with Crippen molar-refractivity contribution in [2.45, 2.75) is 32.6 Å². The molecule has 0 aliphatic heterocycles. The van der Waals surface area contributed by atoms with Crippen molar-refractivity contribution in [3.05, 3.63) is 35.4 Å². The summed E-state index contributed by atoms with van der Waals surface area (Å²) in [6, 6.07) is 7.50. The number of amides is 1. The largest absolute Gasteiger partial charge is 0.370 e. The highest BCUT2D eigenvalue weighted by atomic mass is 16.1. The normalized spacial score (nSPS) is 10.4. The second-order valence-corrected chi connectivity index (χ2v) is 4.17. The smallest absolute Gasteiger partial charge is 0.217 e. The lowest BCUT2D eigenvalue weighted by molar-refractivity contribution is -0.118. The third kappa shape index (κ3) is 3.50. The van der Waals surface area contributed by atoms with Crippen LogP contribution >= 0.6 is 0 Å². The average molecular weight is 219 g/mol. The summed E-state index contributed by atoms with van der Waals surface area (Å²) in [4.78, 5) is 22.2. The summed E-state index contributed by atoms with van der Waals surface area (Å²) >= 11 is 0. The summed E-state index contributed by atoms with van der Waals surface area (Å²) in [5.41, 5.74) is 6.84. The van der Waals surface area contributed by atoms with E-state index in [1.54, 1.807) is 12.1 Å². The van der Waals surface area contributed by atoms with Crippen LogP contribution in [0.5, 0.6) is 0 Å². The topological polar surface area (TPSA) is 60.2 Å². The minimum absolute atomic E-state index is 0.0332. The molecule has 1 rings (SSSR count). The molecule has 86 valence electrons. The molecule has 0 saturated carbocycles. The van der Waals surface area contributed by atoms with Gasteiger partial charge in [-0.1, -0.05) is 38.1 Å². The van der Waals surface area contributed by atoms with E-state index >= 15 is 0 Å². The molecule has 0 aliphatic carbocycles. The highest BCUT2D eigenvalue weighted by molar-refractivity contribution is 5.97. The molecule has 1 aromatic rings. The fourth-order valence-electron chi connectivity index (χ4n) is 1.43. The van der Waals surface area contributed by atoms with Crippen molar-refractivity contribution in [3.8, 4) is 0 Å². The monoisotopic (exact) mass is 219 g/mol. The summed E-state index contributed by atoms with van der Waals surface area (Å²) in [6.45, 7) is 4.20. The zero-order chi connectivity index (χ0) is 12.1. The van der Waals surface area contributed by atoms with Crippen LogP contribution in [0.25, 0.3) is 0 Å². The first kappa shape index (κ1) is 12.4. The van der Waals surface area contributed by atoms with Crippen LogP contribution in [0.4, 0.5) is 0 Å². The van der Waals surface area contributed by atoms with Gasteiger partial charge in [0, 0.05) is 18.4 Å². The number of carbonyl (C=O) groups is 2. The van der Waals surface area contributed by atoms with Crippen LogP contribution in [0.3, 0.4) is 0 Å². The summed E-state index contributed by atoms with van der Waals surface area (Å²) in [6.07, 6.45) is 0.307. The van der Waals surface area contributed by atoms with Gasteiger partial charge in [-0.2, -0.15) is 0 Å². The second-order valence-electron chi connectivity index (χ2n) is 4.17. The van der Waals surface area contributed by atoms with Gasteiger partial charge in [-0.15, -0.1) is 0 Å². The van der Waals surface area contributed by atoms with Crippen LogP contribution in [0.15, 0.2) is 24.3 Å². The first-order valence-corrected chi connectivity index (χ1v) is 5.42. The Hall–Kier alpha value is -1.64. The molecular formula is C13H17NO2. The van der Waals surface area contributed by atoms with Gasteiger partial charge in [0.15, 0.2) is 5.78 Å². The summed E-state index contributed by atoms with van der Waals surface area (Å²) in [7, 11) is 0. The van der Waals surface area contributed by atoms with Crippen molar-refractivity contribution >= 4 is 11.7 Å². The molecule has 0 unspecified atom stereocenters. The number of hydrogen-bond donors (Lipinski definition) is 1. The lowest BCUT2D eigenvalue weighted by Crippen LogP contribution is -2.12. The highest BCUT2D eigenvalue weighted by Crippen LogP contribution is 2.15. The van der Waals surface area contributed by atoms with Crippen LogP contribution in [0, 0.1) is 0 Å². The van der Waals surface area contributed by atoms with Gasteiger partial charge >= 0.3 is 0 Å². The van der Waals surface area contributed by atoms with E-state index in [4.69, 9.17) is 5.73 Å². The van der Waals surface area contributed by atoms with Gasteiger partial charge in [-0.05, 0) is 11.5 Å². The van der Waals surface area contributed by atoms with Gasteiger partial charge < -0.3 is 5.73 Å². The SMILES string of the molecule is CC(C)c1ccc(C(=O)CCC(N)=O)cc1. The minimum atomic E-state index is -0.438. The zero-order valence-corrected chi connectivity index (χ0v) is 9.69. The molecule has 0 aliphatic rings. The highest BCUT2D eigenvalue weighted by Gasteiger charge is 2.07. The predicted molar refractivity (Wildman–Crippen MR) is 63.3 cm³/mol. The Bertz CT molecular complexity index is 379. The fourth-order valence-corrected chi connectivity index (χ4v) is 1.43. The molecule has 0 radical (unpaired) electrons. The van der Waals surface area contributed by atoms with Crippen LogP contribution in [-0.4, -0.2) is 11.7 Å². The first-order valence-electron chi connectivity index (χ1n) is 5.42. The number of nitrogens with two attached hydrogens (primary N) is 1. The lowest BCUT2D eigenvalue weighted by Gasteiger charge is -2.05. The average Bonchev–Trinajstić information content (AvgIpc) is 2.26. The molecule has 0 fully saturated rings. The van der Waals surface area contributed by atoms with E-state index in [9.17, 15) is 9.59 Å². The molecule has 1 aromatic carbocycles. The van der Waals surface area contributed by atoms with Crippen molar-refractivity contribution < 1.29 is 9.59 Å². The predicted octanol–water partition coefficient (Wildman–Crippen LogP) is 2.26. The molecule has 1 amide bonds. The Morgan fingerprint density at radius 1 is 1.12 bits per heavy atom. The van der Waals surface area contributed by atoms with E-state index in [1.807, 2.05) is 12.1 Å². The minimum Gasteiger partial charge on any atom is -0.370 e. The Balaban J connectivity index is 2.66. The number of rotatable bonds is 5. The van der Waals surface area contributed by atoms with Crippen molar-refractivity contribution in [2.24, 2.45) is 5.73 Å². The van der Waals surface area contributed by atoms with E-state index in [0.29, 0.717) is 11.5 Å². The number of hydrogen-bond acceptors (Lipinski definition) is 2. The van der Waals surface area contributed by atoms with Gasteiger partial charge in [-0.25, -0.2) is 0 Å². The van der Waals surface area contributed by atoms with Gasteiger partial charge in [0.2, 0.25) is 5.91 Å². The quantitative estimate of drug-likeness (QED) is 0.772. The molecule has 0 bridgehead atoms. The molecule has 16 heavy (non-hydrogen) atoms. The number of Topliss-reactive ketones (excluding diaryl/α,β-unsaturated/α-hetero) is 1. The van der Waals surface area contributed by atoms with Crippen molar-refractivity contribution in [1.29, 1.82) is 0 Å². The molecule has 0 aromatic heterocycles. The molecule has 0 saturated heterocycles. The van der Waals surface area contributed by atoms with Crippen molar-refractivity contribution in [1.82, 2.24) is 0 Å². The molecule has 3 heteroatoms. The number of carbonyl (C=O) groups excluding carboxylic acids is 2. The fraction of sp³-hybridized carbons (Fsp3) is 0.385. The van der Waals surface area contributed by atoms with E-state index in [2.05, 4.69) is 13.8 Å². The Kier molecular flexibility index (Phi) is 4.23. The molecular weight excluding hydrogens is 202 g/mol. The van der Waals surface area contributed by atoms with E-state index in [-0.39, 0.29) is 18.6 Å². The van der Waals surface area contributed by atoms with Crippen LogP contribution in [-0.2, 0) is 4.79 Å². The molecule has 3 nitrogen and oxygen atoms in total. The summed E-state index contributed by atoms with van der Waals surface area (Å²) < 4.78 is 0. The number of ketones is 1. The molecule has 2 N–H and O–H groups in total. The van der Waals surface area contributed by atoms with Gasteiger partial charge in [-0.3, -0.25) is 9.59 Å². The van der Waals surface area contributed by atoms with Gasteiger partial charge in [0.25, 0.3) is 0 Å². The van der Waals surface area contributed by atoms with Crippen molar-refractivity contribution in [3.63, 3.8) is 0 Å². The maximum Gasteiger partial charge on any atom is 0.217 e. The first-order chi connectivity index (χ1) is 7.50. The molecule has 0 atom stereocenters. The second kappa shape index (κ2) is 5.45. The molecule has 0 spiro atoms.